The van der Waals surface area contributed by atoms with E-state index >= 15 is 0 Å². The Labute approximate surface area is 210 Å². The van der Waals surface area contributed by atoms with Crippen LogP contribution in [0.5, 0.6) is 0 Å². The molecule has 0 saturated heterocycles. The van der Waals surface area contributed by atoms with E-state index in [2.05, 4.69) is 152 Å². The van der Waals surface area contributed by atoms with Crippen molar-refractivity contribution in [2.45, 2.75) is 0 Å². The van der Waals surface area contributed by atoms with Gasteiger partial charge in [-0.25, -0.2) is 0 Å². The Hall–Kier alpha value is -3.24. The summed E-state index contributed by atoms with van der Waals surface area (Å²) in [5.74, 6) is 0. The molecule has 0 spiro atoms. The summed E-state index contributed by atoms with van der Waals surface area (Å²) >= 11 is 0. The Balaban J connectivity index is 1.66. The van der Waals surface area contributed by atoms with E-state index in [9.17, 15) is 0 Å². The highest BCUT2D eigenvalue weighted by atomic mass is 31.2. The Morgan fingerprint density at radius 3 is 1.26 bits per heavy atom. The van der Waals surface area contributed by atoms with Gasteiger partial charge in [-0.05, 0) is 53.6 Å². The van der Waals surface area contributed by atoms with Gasteiger partial charge in [-0.15, -0.1) is 0 Å². The Bertz CT molecular complexity index is 1290. The van der Waals surface area contributed by atoms with Gasteiger partial charge in [0, 0.05) is 7.05 Å². The van der Waals surface area contributed by atoms with E-state index in [4.69, 9.17) is 4.74 Å². The van der Waals surface area contributed by atoms with Crippen molar-refractivity contribution in [1.29, 1.82) is 0 Å². The largest absolute Gasteiger partial charge is 0.258 e. The second-order valence-corrected chi connectivity index (χ2v) is 14.0. The summed E-state index contributed by atoms with van der Waals surface area (Å²) in [6, 6.07) is 54.5. The van der Waals surface area contributed by atoms with Crippen LogP contribution in [0.15, 0.2) is 156 Å². The third-order valence-electron chi connectivity index (χ3n) is 6.19. The molecule has 0 amide bonds. The van der Waals surface area contributed by atoms with E-state index < -0.39 is 15.0 Å². The molecule has 0 saturated carbocycles. The molecule has 0 atom stereocenters. The number of hydrogen-bond donors (Lipinski definition) is 0. The summed E-state index contributed by atoms with van der Waals surface area (Å²) in [4.78, 5) is 0. The minimum atomic E-state index is -2.08. The van der Waals surface area contributed by atoms with Gasteiger partial charge >= 0.3 is 0 Å². The van der Waals surface area contributed by atoms with Crippen LogP contribution in [0.3, 0.4) is 0 Å². The molecule has 0 fully saturated rings. The second kappa shape index (κ2) is 11.5. The zero-order valence-electron chi connectivity index (χ0n) is 19.7. The third kappa shape index (κ3) is 5.54. The average molecular weight is 490 g/mol. The van der Waals surface area contributed by atoms with E-state index in [0.717, 1.165) is 18.0 Å². The van der Waals surface area contributed by atoms with Gasteiger partial charge in [0.05, 0.1) is 5.69 Å². The predicted octanol–water partition coefficient (Wildman–Crippen LogP) is 7.30. The van der Waals surface area contributed by atoms with Crippen LogP contribution in [-0.4, -0.2) is 12.3 Å². The van der Waals surface area contributed by atoms with Crippen LogP contribution >= 0.6 is 15.0 Å². The van der Waals surface area contributed by atoms with Gasteiger partial charge < -0.3 is 0 Å². The lowest BCUT2D eigenvalue weighted by atomic mass is 10.3. The molecule has 35 heavy (non-hydrogen) atoms. The van der Waals surface area contributed by atoms with Crippen LogP contribution in [0.25, 0.3) is 0 Å². The second-order valence-electron chi connectivity index (χ2n) is 8.42. The molecule has 5 aromatic carbocycles. The fourth-order valence-electron chi connectivity index (χ4n) is 4.48. The summed E-state index contributed by atoms with van der Waals surface area (Å²) in [7, 11) is -2.58. The van der Waals surface area contributed by atoms with Crippen molar-refractivity contribution in [3.63, 3.8) is 0 Å². The monoisotopic (exact) mass is 489 g/mol. The lowest BCUT2D eigenvalue weighted by Crippen LogP contribution is -2.23. The minimum absolute atomic E-state index is 0.503. The third-order valence-corrected chi connectivity index (χ3v) is 12.8. The molecule has 0 radical (unpaired) electrons. The number of rotatable bonds is 8. The molecule has 172 valence electrons. The molecule has 0 aliphatic rings. The molecule has 3 heteroatoms. The highest BCUT2D eigenvalue weighted by Crippen LogP contribution is 2.52. The first-order chi connectivity index (χ1) is 17.4. The minimum Gasteiger partial charge on any atom is -0.258 e. The fraction of sp³-hybridized carbons (Fsp3) is 0.0625. The van der Waals surface area contributed by atoms with Gasteiger partial charge in [-0.2, -0.15) is 0 Å². The maximum absolute atomic E-state index is 5.61. The van der Waals surface area contributed by atoms with E-state index in [0.29, 0.717) is 0 Å². The van der Waals surface area contributed by atoms with Crippen molar-refractivity contribution in [2.75, 3.05) is 12.3 Å². The van der Waals surface area contributed by atoms with Crippen LogP contribution in [0.4, 0.5) is 5.69 Å². The first kappa shape index (κ1) is 23.5. The smallest absolute Gasteiger partial charge is 0.0621 e. The van der Waals surface area contributed by atoms with E-state index in [-0.39, 0.29) is 0 Å². The highest BCUT2D eigenvalue weighted by molar-refractivity contribution is 7.82. The topological polar surface area (TPSA) is 12.4 Å². The molecule has 5 rings (SSSR count). The summed E-state index contributed by atoms with van der Waals surface area (Å²) in [6.07, 6.45) is 2.10. The Kier molecular flexibility index (Phi) is 7.69. The van der Waals surface area contributed by atoms with Crippen molar-refractivity contribution < 1.29 is 0 Å². The lowest BCUT2D eigenvalue weighted by Gasteiger charge is -2.29. The van der Waals surface area contributed by atoms with Crippen LogP contribution in [0.2, 0.25) is 0 Å². The van der Waals surface area contributed by atoms with Crippen molar-refractivity contribution >= 4 is 41.9 Å². The fourth-order valence-corrected chi connectivity index (χ4v) is 11.3. The normalized spacial score (nSPS) is 11.3. The summed E-state index contributed by atoms with van der Waals surface area (Å²) in [6.45, 7) is 0. The van der Waals surface area contributed by atoms with E-state index in [1.54, 1.807) is 0 Å². The van der Waals surface area contributed by atoms with E-state index in [1.807, 2.05) is 0 Å². The molecule has 0 unspecified atom stereocenters. The first-order valence-corrected chi connectivity index (χ1v) is 15.5. The van der Waals surface area contributed by atoms with Crippen molar-refractivity contribution in [1.82, 2.24) is 0 Å². The zero-order valence-corrected chi connectivity index (χ0v) is 21.5. The summed E-state index contributed by atoms with van der Waals surface area (Å²) in [5.41, 5.74) is 1.05. The number of nitrogens with zero attached hydrogens (tertiary/aromatic N) is 1. The number of benzene rings is 5. The van der Waals surface area contributed by atoms with Gasteiger partial charge in [-0.1, -0.05) is 140 Å². The molecule has 0 aromatic heterocycles. The maximum Gasteiger partial charge on any atom is 0.0621 e. The highest BCUT2D eigenvalue weighted by Gasteiger charge is 2.27. The van der Waals surface area contributed by atoms with Gasteiger partial charge in [0.15, 0.2) is 0 Å². The molecular weight excluding hydrogens is 460 g/mol. The lowest BCUT2D eigenvalue weighted by molar-refractivity contribution is 1.45. The molecule has 0 heterocycles. The summed E-state index contributed by atoms with van der Waals surface area (Å²) in [5, 5.41) is 5.53. The van der Waals surface area contributed by atoms with Gasteiger partial charge in [-0.3, -0.25) is 4.74 Å². The SMILES string of the molecule is c1ccc(N=P(CCP(c2ccccc2)c2ccccc2)(c2ccccc2)c2ccccc2)cc1. The van der Waals surface area contributed by atoms with Gasteiger partial charge in [0.25, 0.3) is 0 Å². The van der Waals surface area contributed by atoms with Crippen molar-refractivity contribution in [3.8, 4) is 0 Å². The number of hydrogen-bond acceptors (Lipinski definition) is 1. The van der Waals surface area contributed by atoms with Crippen molar-refractivity contribution in [3.05, 3.63) is 152 Å². The molecule has 0 N–H and O–H groups in total. The Morgan fingerprint density at radius 1 is 0.457 bits per heavy atom. The van der Waals surface area contributed by atoms with Crippen molar-refractivity contribution in [2.24, 2.45) is 4.74 Å². The molecule has 0 aliphatic carbocycles. The van der Waals surface area contributed by atoms with E-state index in [1.165, 1.54) is 21.2 Å². The van der Waals surface area contributed by atoms with Crippen LogP contribution in [-0.2, 0) is 0 Å². The van der Waals surface area contributed by atoms with Gasteiger partial charge in [0.1, 0.15) is 0 Å². The Morgan fingerprint density at radius 2 is 0.829 bits per heavy atom. The predicted molar refractivity (Wildman–Crippen MR) is 156 cm³/mol. The average Bonchev–Trinajstić information content (AvgIpc) is 2.95. The molecular formula is C32H29NP2. The maximum atomic E-state index is 5.61. The van der Waals surface area contributed by atoms with Crippen LogP contribution in [0.1, 0.15) is 0 Å². The molecule has 1 nitrogen and oxygen atoms in total. The molecule has 0 aliphatic heterocycles. The zero-order chi connectivity index (χ0) is 23.8. The van der Waals surface area contributed by atoms with Crippen LogP contribution < -0.4 is 21.2 Å². The standard InChI is InChI=1S/C32H29NP2/c1-6-16-28(17-7-1)33-35(31-22-12-4-13-23-31,32-24-14-5-15-25-32)27-26-34(29-18-8-2-9-19-29)30-20-10-3-11-21-30/h1-25H,26-27H2. The first-order valence-electron chi connectivity index (χ1n) is 12.0. The molecule has 5 aromatic rings. The van der Waals surface area contributed by atoms with Crippen LogP contribution in [0, 0.1) is 0 Å². The quantitative estimate of drug-likeness (QED) is 0.203. The molecule has 0 bridgehead atoms. The van der Waals surface area contributed by atoms with Gasteiger partial charge in [0.2, 0.25) is 0 Å². The summed E-state index contributed by atoms with van der Waals surface area (Å²) < 4.78 is 5.61.